The Morgan fingerprint density at radius 2 is 1.90 bits per heavy atom. The first-order valence-corrected chi connectivity index (χ1v) is 6.06. The number of carbonyl (C=O) groups excluding carboxylic acids is 1. The third kappa shape index (κ3) is 1.93. The van der Waals surface area contributed by atoms with Crippen molar-refractivity contribution in [1.82, 2.24) is 0 Å². The van der Waals surface area contributed by atoms with Crippen LogP contribution in [-0.2, 0) is 0 Å². The van der Waals surface area contributed by atoms with E-state index in [0.717, 1.165) is 0 Å². The second kappa shape index (κ2) is 4.45. The molecular formula is C15H10N2O4. The predicted octanol–water partition coefficient (Wildman–Crippen LogP) is 1.86. The molecule has 0 saturated carbocycles. The number of hydrogen-bond acceptors (Lipinski definition) is 4. The van der Waals surface area contributed by atoms with Crippen LogP contribution < -0.4 is 11.1 Å². The molecule has 0 atom stereocenters. The molecule has 3 aromatic rings. The third-order valence-electron chi connectivity index (χ3n) is 3.26. The van der Waals surface area contributed by atoms with E-state index in [1.165, 1.54) is 24.3 Å². The molecular weight excluding hydrogens is 272 g/mol. The SMILES string of the molecule is N=c1c2cc(C(=O)O)ccc2oc2cccc(C(N)=O)c12. The normalized spacial score (nSPS) is 10.9. The van der Waals surface area contributed by atoms with Crippen molar-refractivity contribution in [1.29, 1.82) is 5.41 Å². The van der Waals surface area contributed by atoms with E-state index in [-0.39, 0.29) is 21.9 Å². The molecule has 6 nitrogen and oxygen atoms in total. The largest absolute Gasteiger partial charge is 0.478 e. The Balaban J connectivity index is 2.52. The van der Waals surface area contributed by atoms with E-state index in [1.54, 1.807) is 12.1 Å². The predicted molar refractivity (Wildman–Crippen MR) is 75.1 cm³/mol. The van der Waals surface area contributed by atoms with E-state index in [2.05, 4.69) is 0 Å². The van der Waals surface area contributed by atoms with Gasteiger partial charge in [0, 0.05) is 5.39 Å². The summed E-state index contributed by atoms with van der Waals surface area (Å²) >= 11 is 0. The zero-order valence-electron chi connectivity index (χ0n) is 10.7. The Labute approximate surface area is 117 Å². The van der Waals surface area contributed by atoms with Gasteiger partial charge in [-0.15, -0.1) is 0 Å². The van der Waals surface area contributed by atoms with E-state index in [4.69, 9.17) is 20.7 Å². The lowest BCUT2D eigenvalue weighted by Crippen LogP contribution is -2.15. The summed E-state index contributed by atoms with van der Waals surface area (Å²) in [6.45, 7) is 0. The topological polar surface area (TPSA) is 117 Å². The van der Waals surface area contributed by atoms with Crippen molar-refractivity contribution < 1.29 is 19.1 Å². The average molecular weight is 282 g/mol. The molecule has 1 aromatic heterocycles. The smallest absolute Gasteiger partial charge is 0.335 e. The van der Waals surface area contributed by atoms with Gasteiger partial charge >= 0.3 is 5.97 Å². The molecule has 3 rings (SSSR count). The fraction of sp³-hybridized carbons (Fsp3) is 0. The molecule has 0 aliphatic carbocycles. The van der Waals surface area contributed by atoms with Crippen molar-refractivity contribution in [3.63, 3.8) is 0 Å². The highest BCUT2D eigenvalue weighted by Crippen LogP contribution is 2.22. The number of rotatable bonds is 2. The highest BCUT2D eigenvalue weighted by Gasteiger charge is 2.13. The number of carboxylic acids is 1. The number of fused-ring (bicyclic) bond motifs is 2. The molecule has 0 bridgehead atoms. The first-order chi connectivity index (χ1) is 9.99. The van der Waals surface area contributed by atoms with Gasteiger partial charge in [-0.2, -0.15) is 0 Å². The van der Waals surface area contributed by atoms with Gasteiger partial charge in [-0.1, -0.05) is 6.07 Å². The molecule has 4 N–H and O–H groups in total. The molecule has 6 heteroatoms. The Bertz CT molecular complexity index is 972. The first kappa shape index (κ1) is 12.9. The molecule has 1 heterocycles. The summed E-state index contributed by atoms with van der Waals surface area (Å²) < 4.78 is 5.63. The molecule has 1 amide bonds. The molecule has 0 fully saturated rings. The lowest BCUT2D eigenvalue weighted by atomic mass is 10.0. The minimum Gasteiger partial charge on any atom is -0.478 e. The summed E-state index contributed by atoms with van der Waals surface area (Å²) in [5, 5.41) is 17.9. The maximum absolute atomic E-state index is 11.5. The fourth-order valence-corrected chi connectivity index (χ4v) is 2.28. The Morgan fingerprint density at radius 1 is 1.14 bits per heavy atom. The van der Waals surface area contributed by atoms with Gasteiger partial charge in [-0.3, -0.25) is 10.2 Å². The van der Waals surface area contributed by atoms with E-state index < -0.39 is 11.9 Å². The summed E-state index contributed by atoms with van der Waals surface area (Å²) in [5.74, 6) is -1.77. The lowest BCUT2D eigenvalue weighted by molar-refractivity contribution is 0.0696. The van der Waals surface area contributed by atoms with Crippen LogP contribution in [0, 0.1) is 5.41 Å². The van der Waals surface area contributed by atoms with Crippen molar-refractivity contribution >= 4 is 33.8 Å². The van der Waals surface area contributed by atoms with E-state index >= 15 is 0 Å². The number of hydrogen-bond donors (Lipinski definition) is 3. The monoisotopic (exact) mass is 282 g/mol. The first-order valence-electron chi connectivity index (χ1n) is 6.06. The van der Waals surface area contributed by atoms with Gasteiger partial charge in [0.05, 0.1) is 21.9 Å². The maximum atomic E-state index is 11.5. The Morgan fingerprint density at radius 3 is 2.57 bits per heavy atom. The molecule has 104 valence electrons. The number of amides is 1. The van der Waals surface area contributed by atoms with Crippen molar-refractivity contribution in [2.24, 2.45) is 5.73 Å². The Kier molecular flexibility index (Phi) is 2.72. The molecule has 0 aliphatic heterocycles. The van der Waals surface area contributed by atoms with Crippen LogP contribution in [0.1, 0.15) is 20.7 Å². The van der Waals surface area contributed by atoms with Gasteiger partial charge in [-0.05, 0) is 30.3 Å². The van der Waals surface area contributed by atoms with Gasteiger partial charge in [0.15, 0.2) is 0 Å². The second-order valence-electron chi connectivity index (χ2n) is 4.54. The van der Waals surface area contributed by atoms with E-state index in [9.17, 15) is 9.59 Å². The van der Waals surface area contributed by atoms with Crippen molar-refractivity contribution in [3.05, 3.63) is 52.9 Å². The van der Waals surface area contributed by atoms with Gasteiger partial charge in [0.2, 0.25) is 5.91 Å². The van der Waals surface area contributed by atoms with Crippen molar-refractivity contribution in [2.75, 3.05) is 0 Å². The van der Waals surface area contributed by atoms with Gasteiger partial charge in [0.25, 0.3) is 0 Å². The number of nitrogens with two attached hydrogens (primary N) is 1. The van der Waals surface area contributed by atoms with Crippen LogP contribution in [0.15, 0.2) is 40.8 Å². The number of nitrogens with one attached hydrogen (secondary N) is 1. The maximum Gasteiger partial charge on any atom is 0.335 e. The standard InChI is InChI=1S/C15H10N2O4/c16-13-9-6-7(15(19)20)4-5-10(9)21-11-3-1-2-8(12(11)13)14(17)18/h1-6,16H,(H2,17,18)(H,19,20). The summed E-state index contributed by atoms with van der Waals surface area (Å²) in [6, 6.07) is 8.99. The van der Waals surface area contributed by atoms with Crippen molar-refractivity contribution in [2.45, 2.75) is 0 Å². The molecule has 0 unspecified atom stereocenters. The minimum absolute atomic E-state index is 0.0174. The number of aromatic carboxylic acids is 1. The van der Waals surface area contributed by atoms with E-state index in [0.29, 0.717) is 16.6 Å². The van der Waals surface area contributed by atoms with Crippen LogP contribution in [0.25, 0.3) is 21.9 Å². The van der Waals surface area contributed by atoms with Crippen LogP contribution in [0.3, 0.4) is 0 Å². The minimum atomic E-state index is -1.10. The quantitative estimate of drug-likeness (QED) is 0.622. The average Bonchev–Trinajstić information content (AvgIpc) is 2.46. The summed E-state index contributed by atoms with van der Waals surface area (Å²) in [5.41, 5.74) is 6.25. The highest BCUT2D eigenvalue weighted by molar-refractivity contribution is 6.07. The molecule has 0 saturated heterocycles. The highest BCUT2D eigenvalue weighted by atomic mass is 16.4. The summed E-state index contributed by atoms with van der Waals surface area (Å²) in [6.07, 6.45) is 0. The lowest BCUT2D eigenvalue weighted by Gasteiger charge is -2.06. The zero-order chi connectivity index (χ0) is 15.1. The number of primary amides is 1. The van der Waals surface area contributed by atoms with Gasteiger partial charge in [0.1, 0.15) is 11.2 Å². The van der Waals surface area contributed by atoms with Gasteiger partial charge < -0.3 is 15.3 Å². The zero-order valence-corrected chi connectivity index (χ0v) is 10.7. The van der Waals surface area contributed by atoms with Crippen molar-refractivity contribution in [3.8, 4) is 0 Å². The molecule has 2 aromatic carbocycles. The van der Waals surface area contributed by atoms with E-state index in [1.807, 2.05) is 0 Å². The fourth-order valence-electron chi connectivity index (χ4n) is 2.28. The van der Waals surface area contributed by atoms with Crippen LogP contribution in [0.2, 0.25) is 0 Å². The van der Waals surface area contributed by atoms with Gasteiger partial charge in [-0.25, -0.2) is 4.79 Å². The van der Waals surface area contributed by atoms with Crippen LogP contribution in [-0.4, -0.2) is 17.0 Å². The number of carbonyl (C=O) groups is 2. The number of carboxylic acid groups (broad SMARTS) is 1. The number of benzene rings is 2. The van der Waals surface area contributed by atoms with Crippen LogP contribution in [0.5, 0.6) is 0 Å². The van der Waals surface area contributed by atoms with Crippen LogP contribution in [0.4, 0.5) is 0 Å². The molecule has 0 radical (unpaired) electrons. The molecule has 0 spiro atoms. The summed E-state index contributed by atoms with van der Waals surface area (Å²) in [7, 11) is 0. The summed E-state index contributed by atoms with van der Waals surface area (Å²) in [4.78, 5) is 22.5. The second-order valence-corrected chi connectivity index (χ2v) is 4.54. The van der Waals surface area contributed by atoms with Crippen LogP contribution >= 0.6 is 0 Å². The third-order valence-corrected chi connectivity index (χ3v) is 3.26. The molecule has 21 heavy (non-hydrogen) atoms. The Hall–Kier alpha value is -3.15. The molecule has 0 aliphatic rings.